The van der Waals surface area contributed by atoms with Crippen molar-refractivity contribution in [1.82, 2.24) is 10.2 Å². The van der Waals surface area contributed by atoms with E-state index in [1.54, 1.807) is 11.3 Å². The molecule has 2 atom stereocenters. The SMILES string of the molecule is CCOC(=O)[C@H]1CCCN([C@H](C)C(=O)NCc2cccs2)C1. The molecular weight excluding hydrogens is 300 g/mol. The molecule has 22 heavy (non-hydrogen) atoms. The average Bonchev–Trinajstić information content (AvgIpc) is 3.05. The van der Waals surface area contributed by atoms with Crippen molar-refractivity contribution < 1.29 is 14.3 Å². The van der Waals surface area contributed by atoms with E-state index in [0.29, 0.717) is 19.7 Å². The molecule has 0 aliphatic carbocycles. The molecule has 1 aliphatic rings. The molecule has 1 saturated heterocycles. The molecule has 2 heterocycles. The van der Waals surface area contributed by atoms with Crippen molar-refractivity contribution in [3.8, 4) is 0 Å². The van der Waals surface area contributed by atoms with E-state index in [0.717, 1.165) is 24.3 Å². The fourth-order valence-electron chi connectivity index (χ4n) is 2.71. The van der Waals surface area contributed by atoms with Gasteiger partial charge in [-0.3, -0.25) is 14.5 Å². The lowest BCUT2D eigenvalue weighted by molar-refractivity contribution is -0.151. The van der Waals surface area contributed by atoms with Gasteiger partial charge in [0.1, 0.15) is 0 Å². The van der Waals surface area contributed by atoms with E-state index < -0.39 is 0 Å². The third-order valence-electron chi connectivity index (χ3n) is 4.02. The van der Waals surface area contributed by atoms with Crippen LogP contribution in [-0.2, 0) is 20.9 Å². The first-order valence-electron chi connectivity index (χ1n) is 7.82. The molecule has 5 nitrogen and oxygen atoms in total. The molecule has 1 aromatic rings. The third-order valence-corrected chi connectivity index (χ3v) is 4.89. The van der Waals surface area contributed by atoms with Crippen LogP contribution in [0.3, 0.4) is 0 Å². The molecule has 0 spiro atoms. The predicted octanol–water partition coefficient (Wildman–Crippen LogP) is 2.03. The summed E-state index contributed by atoms with van der Waals surface area (Å²) in [5.41, 5.74) is 0. The number of amides is 1. The zero-order chi connectivity index (χ0) is 15.9. The monoisotopic (exact) mass is 324 g/mol. The quantitative estimate of drug-likeness (QED) is 0.814. The molecule has 0 unspecified atom stereocenters. The maximum absolute atomic E-state index is 12.3. The number of hydrogen-bond donors (Lipinski definition) is 1. The van der Waals surface area contributed by atoms with Gasteiger partial charge in [-0.1, -0.05) is 6.07 Å². The molecule has 1 amide bonds. The Morgan fingerprint density at radius 2 is 2.36 bits per heavy atom. The normalized spacial score (nSPS) is 20.4. The van der Waals surface area contributed by atoms with Gasteiger partial charge in [0.05, 0.1) is 25.1 Å². The largest absolute Gasteiger partial charge is 0.466 e. The van der Waals surface area contributed by atoms with Crippen LogP contribution in [0.2, 0.25) is 0 Å². The van der Waals surface area contributed by atoms with Gasteiger partial charge in [-0.25, -0.2) is 0 Å². The van der Waals surface area contributed by atoms with Crippen molar-refractivity contribution in [2.45, 2.75) is 39.3 Å². The van der Waals surface area contributed by atoms with Crippen LogP contribution in [0, 0.1) is 5.92 Å². The highest BCUT2D eigenvalue weighted by atomic mass is 32.1. The number of thiophene rings is 1. The fraction of sp³-hybridized carbons (Fsp3) is 0.625. The maximum Gasteiger partial charge on any atom is 0.310 e. The van der Waals surface area contributed by atoms with Gasteiger partial charge in [-0.05, 0) is 44.7 Å². The summed E-state index contributed by atoms with van der Waals surface area (Å²) >= 11 is 1.63. The Morgan fingerprint density at radius 3 is 3.05 bits per heavy atom. The van der Waals surface area contributed by atoms with Crippen molar-refractivity contribution in [1.29, 1.82) is 0 Å². The summed E-state index contributed by atoms with van der Waals surface area (Å²) < 4.78 is 5.10. The predicted molar refractivity (Wildman–Crippen MR) is 86.6 cm³/mol. The highest BCUT2D eigenvalue weighted by molar-refractivity contribution is 7.09. The van der Waals surface area contributed by atoms with Crippen molar-refractivity contribution in [2.75, 3.05) is 19.7 Å². The van der Waals surface area contributed by atoms with Crippen molar-refractivity contribution >= 4 is 23.2 Å². The molecule has 1 aromatic heterocycles. The molecule has 122 valence electrons. The van der Waals surface area contributed by atoms with Gasteiger partial charge < -0.3 is 10.1 Å². The van der Waals surface area contributed by atoms with Crippen LogP contribution < -0.4 is 5.32 Å². The maximum atomic E-state index is 12.3. The van der Waals surface area contributed by atoms with Gasteiger partial charge >= 0.3 is 5.97 Å². The number of carbonyl (C=O) groups excluding carboxylic acids is 2. The van der Waals surface area contributed by atoms with Crippen LogP contribution >= 0.6 is 11.3 Å². The molecular formula is C16H24N2O3S. The Bertz CT molecular complexity index is 490. The van der Waals surface area contributed by atoms with E-state index in [9.17, 15) is 9.59 Å². The minimum Gasteiger partial charge on any atom is -0.466 e. The molecule has 0 saturated carbocycles. The lowest BCUT2D eigenvalue weighted by atomic mass is 9.97. The number of likely N-dealkylation sites (tertiary alicyclic amines) is 1. The van der Waals surface area contributed by atoms with E-state index >= 15 is 0 Å². The highest BCUT2D eigenvalue weighted by Crippen LogP contribution is 2.20. The molecule has 0 radical (unpaired) electrons. The number of ether oxygens (including phenoxy) is 1. The van der Waals surface area contributed by atoms with Gasteiger partial charge in [0.25, 0.3) is 0 Å². The Balaban J connectivity index is 1.83. The second-order valence-electron chi connectivity index (χ2n) is 5.56. The van der Waals surface area contributed by atoms with Crippen LogP contribution in [0.25, 0.3) is 0 Å². The van der Waals surface area contributed by atoms with E-state index in [1.807, 2.05) is 31.4 Å². The van der Waals surface area contributed by atoms with Gasteiger partial charge in [0.2, 0.25) is 5.91 Å². The molecule has 0 aromatic carbocycles. The van der Waals surface area contributed by atoms with E-state index in [4.69, 9.17) is 4.74 Å². The summed E-state index contributed by atoms with van der Waals surface area (Å²) in [5, 5.41) is 4.96. The van der Waals surface area contributed by atoms with Crippen LogP contribution in [0.4, 0.5) is 0 Å². The highest BCUT2D eigenvalue weighted by Gasteiger charge is 2.31. The summed E-state index contributed by atoms with van der Waals surface area (Å²) in [6.07, 6.45) is 1.77. The van der Waals surface area contributed by atoms with Crippen LogP contribution in [0.15, 0.2) is 17.5 Å². The van der Waals surface area contributed by atoms with E-state index in [2.05, 4.69) is 10.2 Å². The van der Waals surface area contributed by atoms with Crippen molar-refractivity contribution in [3.05, 3.63) is 22.4 Å². The summed E-state index contributed by atoms with van der Waals surface area (Å²) in [5.74, 6) is -0.238. The second-order valence-corrected chi connectivity index (χ2v) is 6.59. The lowest BCUT2D eigenvalue weighted by Crippen LogP contribution is -2.50. The Hall–Kier alpha value is -1.40. The number of piperidine rings is 1. The van der Waals surface area contributed by atoms with Crippen LogP contribution in [-0.4, -0.2) is 42.5 Å². The number of hydrogen-bond acceptors (Lipinski definition) is 5. The Labute approximate surface area is 135 Å². The smallest absolute Gasteiger partial charge is 0.310 e. The fourth-order valence-corrected chi connectivity index (χ4v) is 3.36. The number of rotatable bonds is 6. The summed E-state index contributed by atoms with van der Waals surface area (Å²) in [6, 6.07) is 3.76. The first-order chi connectivity index (χ1) is 10.6. The van der Waals surface area contributed by atoms with Crippen molar-refractivity contribution in [3.63, 3.8) is 0 Å². The van der Waals surface area contributed by atoms with Gasteiger partial charge in [-0.2, -0.15) is 0 Å². The number of esters is 1. The molecule has 1 aliphatic heterocycles. The first kappa shape index (κ1) is 17.0. The van der Waals surface area contributed by atoms with Gasteiger partial charge in [0, 0.05) is 11.4 Å². The van der Waals surface area contributed by atoms with E-state index in [-0.39, 0.29) is 23.8 Å². The molecule has 1 fully saturated rings. The van der Waals surface area contributed by atoms with Crippen molar-refractivity contribution in [2.24, 2.45) is 5.92 Å². The van der Waals surface area contributed by atoms with Crippen LogP contribution in [0.5, 0.6) is 0 Å². The Kier molecular flexibility index (Phi) is 6.39. The number of nitrogens with one attached hydrogen (secondary N) is 1. The number of nitrogens with zero attached hydrogens (tertiary/aromatic N) is 1. The minimum atomic E-state index is -0.225. The summed E-state index contributed by atoms with van der Waals surface area (Å²) in [4.78, 5) is 27.4. The van der Waals surface area contributed by atoms with Crippen LogP contribution in [0.1, 0.15) is 31.6 Å². The van der Waals surface area contributed by atoms with Gasteiger partial charge in [0.15, 0.2) is 0 Å². The second kappa shape index (κ2) is 8.29. The molecule has 0 bridgehead atoms. The summed E-state index contributed by atoms with van der Waals surface area (Å²) in [7, 11) is 0. The number of carbonyl (C=O) groups is 2. The zero-order valence-electron chi connectivity index (χ0n) is 13.2. The standard InChI is InChI=1S/C16H24N2O3S/c1-3-21-16(20)13-6-4-8-18(11-13)12(2)15(19)17-10-14-7-5-9-22-14/h5,7,9,12-13H,3-4,6,8,10-11H2,1-2H3,(H,17,19)/t12-,13+/m1/s1. The first-order valence-corrected chi connectivity index (χ1v) is 8.70. The molecule has 1 N–H and O–H groups in total. The van der Waals surface area contributed by atoms with Gasteiger partial charge in [-0.15, -0.1) is 11.3 Å². The van der Waals surface area contributed by atoms with E-state index in [1.165, 1.54) is 0 Å². The zero-order valence-corrected chi connectivity index (χ0v) is 14.0. The third kappa shape index (κ3) is 4.55. The lowest BCUT2D eigenvalue weighted by Gasteiger charge is -2.35. The summed E-state index contributed by atoms with van der Waals surface area (Å²) in [6.45, 7) is 6.15. The average molecular weight is 324 g/mol. The Morgan fingerprint density at radius 1 is 1.55 bits per heavy atom. The molecule has 6 heteroatoms. The molecule has 2 rings (SSSR count). The minimum absolute atomic E-state index is 0.0120. The topological polar surface area (TPSA) is 58.6 Å².